The van der Waals surface area contributed by atoms with Crippen molar-refractivity contribution in [1.29, 1.82) is 0 Å². The van der Waals surface area contributed by atoms with Gasteiger partial charge in [0.2, 0.25) is 10.0 Å². The highest BCUT2D eigenvalue weighted by molar-refractivity contribution is 7.89. The number of aromatic nitrogens is 1. The maximum atomic E-state index is 12.4. The first kappa shape index (κ1) is 18.4. The van der Waals surface area contributed by atoms with E-state index in [1.54, 1.807) is 36.5 Å². The standard InChI is InChI=1S/C18H24N2O3S/c1-3-4-7-12-23-18-10-9-17(13-15(18)2)24(21,22)20-14-16-8-5-6-11-19-16/h5-6,8-11,13,20H,3-4,7,12,14H2,1-2H3. The normalized spacial score (nSPS) is 11.4. The number of hydrogen-bond donors (Lipinski definition) is 1. The quantitative estimate of drug-likeness (QED) is 0.705. The molecule has 0 radical (unpaired) electrons. The maximum Gasteiger partial charge on any atom is 0.240 e. The van der Waals surface area contributed by atoms with E-state index in [2.05, 4.69) is 16.6 Å². The van der Waals surface area contributed by atoms with Gasteiger partial charge >= 0.3 is 0 Å². The van der Waals surface area contributed by atoms with Gasteiger partial charge in [0, 0.05) is 6.20 Å². The molecule has 1 heterocycles. The number of aryl methyl sites for hydroxylation is 1. The van der Waals surface area contributed by atoms with Crippen LogP contribution in [-0.2, 0) is 16.6 Å². The summed E-state index contributed by atoms with van der Waals surface area (Å²) >= 11 is 0. The second-order valence-corrected chi connectivity index (χ2v) is 7.40. The summed E-state index contributed by atoms with van der Waals surface area (Å²) in [5, 5.41) is 0. The van der Waals surface area contributed by atoms with Crippen LogP contribution in [0.3, 0.4) is 0 Å². The van der Waals surface area contributed by atoms with Gasteiger partial charge in [-0.2, -0.15) is 0 Å². The van der Waals surface area contributed by atoms with Crippen molar-refractivity contribution in [2.45, 2.75) is 44.6 Å². The highest BCUT2D eigenvalue weighted by Crippen LogP contribution is 2.22. The third kappa shape index (κ3) is 5.32. The van der Waals surface area contributed by atoms with Crippen LogP contribution < -0.4 is 9.46 Å². The minimum Gasteiger partial charge on any atom is -0.493 e. The van der Waals surface area contributed by atoms with E-state index < -0.39 is 10.0 Å². The number of pyridine rings is 1. The Morgan fingerprint density at radius 1 is 1.17 bits per heavy atom. The average Bonchev–Trinajstić information content (AvgIpc) is 2.59. The molecule has 0 atom stereocenters. The highest BCUT2D eigenvalue weighted by Gasteiger charge is 2.15. The van der Waals surface area contributed by atoms with Crippen LogP contribution in [0.25, 0.3) is 0 Å². The van der Waals surface area contributed by atoms with Crippen molar-refractivity contribution in [2.24, 2.45) is 0 Å². The minimum atomic E-state index is -3.57. The molecular weight excluding hydrogens is 324 g/mol. The Bertz CT molecular complexity index is 746. The van der Waals surface area contributed by atoms with Gasteiger partial charge in [-0.1, -0.05) is 25.8 Å². The molecule has 0 aliphatic carbocycles. The molecule has 1 aromatic carbocycles. The lowest BCUT2D eigenvalue weighted by Gasteiger charge is -2.11. The highest BCUT2D eigenvalue weighted by atomic mass is 32.2. The van der Waals surface area contributed by atoms with Gasteiger partial charge in [0.15, 0.2) is 0 Å². The summed E-state index contributed by atoms with van der Waals surface area (Å²) < 4.78 is 33.1. The molecule has 0 amide bonds. The van der Waals surface area contributed by atoms with Crippen LogP contribution in [0.5, 0.6) is 5.75 Å². The number of rotatable bonds is 9. The van der Waals surface area contributed by atoms with Crippen LogP contribution in [-0.4, -0.2) is 20.0 Å². The van der Waals surface area contributed by atoms with Gasteiger partial charge < -0.3 is 4.74 Å². The average molecular weight is 348 g/mol. The number of unbranched alkanes of at least 4 members (excludes halogenated alkanes) is 2. The van der Waals surface area contributed by atoms with Crippen molar-refractivity contribution in [2.75, 3.05) is 6.61 Å². The molecule has 6 heteroatoms. The van der Waals surface area contributed by atoms with Gasteiger partial charge in [0.25, 0.3) is 0 Å². The molecule has 0 bridgehead atoms. The molecule has 0 fully saturated rings. The fraction of sp³-hybridized carbons (Fsp3) is 0.389. The summed E-state index contributed by atoms with van der Waals surface area (Å²) in [4.78, 5) is 4.34. The maximum absolute atomic E-state index is 12.4. The monoisotopic (exact) mass is 348 g/mol. The predicted octanol–water partition coefficient (Wildman–Crippen LogP) is 3.44. The Morgan fingerprint density at radius 3 is 2.67 bits per heavy atom. The van der Waals surface area contributed by atoms with Gasteiger partial charge in [0.1, 0.15) is 5.75 Å². The van der Waals surface area contributed by atoms with E-state index in [4.69, 9.17) is 4.74 Å². The second-order valence-electron chi connectivity index (χ2n) is 5.63. The molecule has 130 valence electrons. The van der Waals surface area contributed by atoms with E-state index in [-0.39, 0.29) is 11.4 Å². The summed E-state index contributed by atoms with van der Waals surface area (Å²) in [6, 6.07) is 10.3. The van der Waals surface area contributed by atoms with E-state index in [1.807, 2.05) is 13.0 Å². The summed E-state index contributed by atoms with van der Waals surface area (Å²) in [6.07, 6.45) is 4.91. The van der Waals surface area contributed by atoms with Gasteiger partial charge in [-0.15, -0.1) is 0 Å². The zero-order valence-corrected chi connectivity index (χ0v) is 15.0. The molecule has 0 saturated carbocycles. The summed E-state index contributed by atoms with van der Waals surface area (Å²) in [5.41, 5.74) is 1.49. The summed E-state index contributed by atoms with van der Waals surface area (Å²) in [7, 11) is -3.57. The van der Waals surface area contributed by atoms with Crippen molar-refractivity contribution in [3.8, 4) is 5.75 Å². The Balaban J connectivity index is 2.01. The summed E-state index contributed by atoms with van der Waals surface area (Å²) in [6.45, 7) is 4.81. The summed E-state index contributed by atoms with van der Waals surface area (Å²) in [5.74, 6) is 0.731. The molecule has 24 heavy (non-hydrogen) atoms. The Labute approximate surface area is 144 Å². The smallest absolute Gasteiger partial charge is 0.240 e. The van der Waals surface area contributed by atoms with Gasteiger partial charge in [-0.3, -0.25) is 4.98 Å². The van der Waals surface area contributed by atoms with Crippen molar-refractivity contribution < 1.29 is 13.2 Å². The lowest BCUT2D eigenvalue weighted by Crippen LogP contribution is -2.23. The molecular formula is C18H24N2O3S. The predicted molar refractivity (Wildman–Crippen MR) is 94.5 cm³/mol. The topological polar surface area (TPSA) is 68.3 Å². The van der Waals surface area contributed by atoms with Crippen molar-refractivity contribution in [1.82, 2.24) is 9.71 Å². The van der Waals surface area contributed by atoms with Crippen LogP contribution in [0.15, 0.2) is 47.5 Å². The molecule has 2 aromatic rings. The zero-order valence-electron chi connectivity index (χ0n) is 14.2. The molecule has 0 spiro atoms. The first-order chi connectivity index (χ1) is 11.5. The lowest BCUT2D eigenvalue weighted by molar-refractivity contribution is 0.304. The molecule has 1 aromatic heterocycles. The van der Waals surface area contributed by atoms with Crippen LogP contribution in [0.1, 0.15) is 37.4 Å². The second kappa shape index (κ2) is 8.80. The Hall–Kier alpha value is -1.92. The van der Waals surface area contributed by atoms with E-state index in [0.717, 1.165) is 30.6 Å². The zero-order chi connectivity index (χ0) is 17.4. The first-order valence-corrected chi connectivity index (χ1v) is 9.64. The molecule has 0 aliphatic rings. The number of benzene rings is 1. The van der Waals surface area contributed by atoms with Crippen LogP contribution in [0, 0.1) is 6.92 Å². The number of nitrogens with zero attached hydrogens (tertiary/aromatic N) is 1. The van der Waals surface area contributed by atoms with Gasteiger partial charge in [0.05, 0.1) is 23.7 Å². The molecule has 5 nitrogen and oxygen atoms in total. The third-order valence-electron chi connectivity index (χ3n) is 3.63. The van der Waals surface area contributed by atoms with Crippen molar-refractivity contribution >= 4 is 10.0 Å². The van der Waals surface area contributed by atoms with E-state index in [0.29, 0.717) is 12.3 Å². The minimum absolute atomic E-state index is 0.164. The molecule has 0 saturated heterocycles. The van der Waals surface area contributed by atoms with Crippen molar-refractivity contribution in [3.05, 3.63) is 53.9 Å². The van der Waals surface area contributed by atoms with E-state index in [1.165, 1.54) is 0 Å². The largest absolute Gasteiger partial charge is 0.493 e. The van der Waals surface area contributed by atoms with Gasteiger partial charge in [-0.05, 0) is 49.2 Å². The lowest BCUT2D eigenvalue weighted by atomic mass is 10.2. The van der Waals surface area contributed by atoms with Crippen molar-refractivity contribution in [3.63, 3.8) is 0 Å². The number of sulfonamides is 1. The first-order valence-electron chi connectivity index (χ1n) is 8.16. The van der Waals surface area contributed by atoms with Crippen LogP contribution in [0.2, 0.25) is 0 Å². The fourth-order valence-corrected chi connectivity index (χ4v) is 3.32. The van der Waals surface area contributed by atoms with E-state index >= 15 is 0 Å². The SMILES string of the molecule is CCCCCOc1ccc(S(=O)(=O)NCc2ccccn2)cc1C. The Kier molecular flexibility index (Phi) is 6.75. The molecule has 2 rings (SSSR count). The third-order valence-corrected chi connectivity index (χ3v) is 5.03. The number of nitrogens with one attached hydrogen (secondary N) is 1. The van der Waals surface area contributed by atoms with E-state index in [9.17, 15) is 8.42 Å². The van der Waals surface area contributed by atoms with Crippen LogP contribution >= 0.6 is 0 Å². The molecule has 0 aliphatic heterocycles. The Morgan fingerprint density at radius 2 is 2.00 bits per heavy atom. The number of hydrogen-bond acceptors (Lipinski definition) is 4. The fourth-order valence-electron chi connectivity index (χ4n) is 2.24. The molecule has 0 unspecified atom stereocenters. The van der Waals surface area contributed by atoms with Gasteiger partial charge in [-0.25, -0.2) is 13.1 Å². The molecule has 1 N–H and O–H groups in total. The van der Waals surface area contributed by atoms with Crippen LogP contribution in [0.4, 0.5) is 0 Å². The number of ether oxygens (including phenoxy) is 1.